The molecule has 5 nitrogen and oxygen atoms in total. The third kappa shape index (κ3) is 4.12. The number of hydrogen-bond acceptors (Lipinski definition) is 4. The van der Waals surface area contributed by atoms with E-state index >= 15 is 0 Å². The van der Waals surface area contributed by atoms with Crippen LogP contribution in [-0.4, -0.2) is 37.5 Å². The lowest BCUT2D eigenvalue weighted by atomic mass is 10.1. The van der Waals surface area contributed by atoms with Crippen LogP contribution >= 0.6 is 23.4 Å². The normalized spacial score (nSPS) is 13.2. The fourth-order valence-corrected chi connectivity index (χ4v) is 4.27. The van der Waals surface area contributed by atoms with Crippen LogP contribution in [0.3, 0.4) is 0 Å². The van der Waals surface area contributed by atoms with Crippen LogP contribution in [0.25, 0.3) is 0 Å². The Labute approximate surface area is 127 Å². The Bertz CT molecular complexity index is 616. The second kappa shape index (κ2) is 6.80. The summed E-state index contributed by atoms with van der Waals surface area (Å²) in [5, 5.41) is 9.14. The van der Waals surface area contributed by atoms with Crippen LogP contribution in [0.1, 0.15) is 22.8 Å². The van der Waals surface area contributed by atoms with Gasteiger partial charge in [0.05, 0.1) is 10.5 Å². The fraction of sp³-hybridized carbons (Fsp3) is 0.417. The van der Waals surface area contributed by atoms with Gasteiger partial charge >= 0.3 is 5.97 Å². The highest BCUT2D eigenvalue weighted by Crippen LogP contribution is 2.24. The first-order chi connectivity index (χ1) is 9.19. The van der Waals surface area contributed by atoms with Gasteiger partial charge in [-0.15, -0.1) is 0 Å². The Balaban J connectivity index is 3.28. The number of halogens is 1. The SMILES string of the molecule is CSCC(C)NS(=O)(=O)c1cc(Cl)cc(C(=O)O)c1C. The van der Waals surface area contributed by atoms with Crippen molar-refractivity contribution >= 4 is 39.4 Å². The molecule has 0 aliphatic rings. The molecule has 0 amide bonds. The molecule has 20 heavy (non-hydrogen) atoms. The lowest BCUT2D eigenvalue weighted by molar-refractivity contribution is 0.0696. The van der Waals surface area contributed by atoms with Crippen LogP contribution in [0.2, 0.25) is 5.02 Å². The monoisotopic (exact) mass is 337 g/mol. The summed E-state index contributed by atoms with van der Waals surface area (Å²) < 4.78 is 27.1. The van der Waals surface area contributed by atoms with E-state index in [2.05, 4.69) is 4.72 Å². The van der Waals surface area contributed by atoms with Crippen molar-refractivity contribution in [1.29, 1.82) is 0 Å². The van der Waals surface area contributed by atoms with Gasteiger partial charge < -0.3 is 5.11 Å². The van der Waals surface area contributed by atoms with Crippen LogP contribution in [0.5, 0.6) is 0 Å². The molecule has 0 aliphatic carbocycles. The molecule has 1 unspecified atom stereocenters. The lowest BCUT2D eigenvalue weighted by Crippen LogP contribution is -2.34. The maximum atomic E-state index is 12.3. The van der Waals surface area contributed by atoms with Crippen LogP contribution in [-0.2, 0) is 10.0 Å². The van der Waals surface area contributed by atoms with Gasteiger partial charge in [0, 0.05) is 16.8 Å². The third-order valence-electron chi connectivity index (χ3n) is 2.62. The molecular weight excluding hydrogens is 322 g/mol. The van der Waals surface area contributed by atoms with E-state index < -0.39 is 16.0 Å². The summed E-state index contributed by atoms with van der Waals surface area (Å²) in [5.41, 5.74) is 0.0566. The second-order valence-corrected chi connectivity index (χ2v) is 7.39. The van der Waals surface area contributed by atoms with Gasteiger partial charge in [-0.25, -0.2) is 17.9 Å². The third-order valence-corrected chi connectivity index (χ3v) is 5.39. The molecule has 1 aromatic rings. The first kappa shape index (κ1) is 17.3. The molecule has 112 valence electrons. The van der Waals surface area contributed by atoms with Gasteiger partial charge in [0.1, 0.15) is 0 Å². The van der Waals surface area contributed by atoms with Crippen LogP contribution in [0.4, 0.5) is 0 Å². The highest BCUT2D eigenvalue weighted by atomic mass is 35.5. The molecule has 1 aromatic carbocycles. The van der Waals surface area contributed by atoms with Crippen molar-refractivity contribution < 1.29 is 18.3 Å². The highest BCUT2D eigenvalue weighted by Gasteiger charge is 2.23. The highest BCUT2D eigenvalue weighted by molar-refractivity contribution is 7.98. The topological polar surface area (TPSA) is 83.5 Å². The number of benzene rings is 1. The van der Waals surface area contributed by atoms with E-state index in [0.717, 1.165) is 0 Å². The van der Waals surface area contributed by atoms with Crippen molar-refractivity contribution in [3.8, 4) is 0 Å². The quantitative estimate of drug-likeness (QED) is 0.832. The van der Waals surface area contributed by atoms with Crippen LogP contribution in [0.15, 0.2) is 17.0 Å². The number of hydrogen-bond donors (Lipinski definition) is 2. The average Bonchev–Trinajstić information content (AvgIpc) is 2.30. The minimum Gasteiger partial charge on any atom is -0.478 e. The molecule has 0 heterocycles. The van der Waals surface area contributed by atoms with Crippen molar-refractivity contribution in [2.24, 2.45) is 0 Å². The summed E-state index contributed by atoms with van der Waals surface area (Å²) in [5.74, 6) is -0.594. The number of rotatable bonds is 6. The molecule has 0 spiro atoms. The van der Waals surface area contributed by atoms with E-state index in [1.165, 1.54) is 30.8 Å². The van der Waals surface area contributed by atoms with Crippen LogP contribution < -0.4 is 4.72 Å². The molecular formula is C12H16ClNO4S2. The van der Waals surface area contributed by atoms with Gasteiger partial charge in [0.15, 0.2) is 0 Å². The summed E-state index contributed by atoms with van der Waals surface area (Å²) in [7, 11) is -3.80. The van der Waals surface area contributed by atoms with Crippen molar-refractivity contribution in [2.45, 2.75) is 24.8 Å². The number of sulfonamides is 1. The van der Waals surface area contributed by atoms with Gasteiger partial charge in [-0.1, -0.05) is 11.6 Å². The Morgan fingerprint density at radius 3 is 2.60 bits per heavy atom. The fourth-order valence-electron chi connectivity index (χ4n) is 1.77. The Morgan fingerprint density at radius 1 is 1.50 bits per heavy atom. The van der Waals surface area contributed by atoms with Crippen molar-refractivity contribution in [1.82, 2.24) is 4.72 Å². The van der Waals surface area contributed by atoms with Crippen LogP contribution in [0, 0.1) is 6.92 Å². The molecule has 0 aliphatic heterocycles. The van der Waals surface area contributed by atoms with Gasteiger partial charge in [0.2, 0.25) is 10.0 Å². The van der Waals surface area contributed by atoms with E-state index in [4.69, 9.17) is 16.7 Å². The summed E-state index contributed by atoms with van der Waals surface area (Å²) in [6.45, 7) is 3.19. The van der Waals surface area contributed by atoms with E-state index in [0.29, 0.717) is 5.75 Å². The molecule has 1 atom stereocenters. The van der Waals surface area contributed by atoms with E-state index in [9.17, 15) is 13.2 Å². The smallest absolute Gasteiger partial charge is 0.336 e. The zero-order chi connectivity index (χ0) is 15.5. The van der Waals surface area contributed by atoms with Crippen molar-refractivity contribution in [2.75, 3.05) is 12.0 Å². The maximum Gasteiger partial charge on any atom is 0.336 e. The Hall–Kier alpha value is -0.760. The molecule has 0 saturated heterocycles. The van der Waals surface area contributed by atoms with Gasteiger partial charge in [-0.2, -0.15) is 11.8 Å². The first-order valence-corrected chi connectivity index (χ1v) is 8.99. The summed E-state index contributed by atoms with van der Waals surface area (Å²) in [6.07, 6.45) is 1.87. The first-order valence-electron chi connectivity index (χ1n) is 5.73. The van der Waals surface area contributed by atoms with E-state index in [1.807, 2.05) is 6.26 Å². The standard InChI is InChI=1S/C12H16ClNO4S2/c1-7(6-19-3)14-20(17,18)11-5-9(13)4-10(8(11)2)12(15)16/h4-5,7,14H,6H2,1-3H3,(H,15,16). The zero-order valence-corrected chi connectivity index (χ0v) is 13.7. The van der Waals surface area contributed by atoms with Crippen molar-refractivity contribution in [3.63, 3.8) is 0 Å². The molecule has 8 heteroatoms. The zero-order valence-electron chi connectivity index (χ0n) is 11.3. The number of thioether (sulfide) groups is 1. The minimum absolute atomic E-state index is 0.0749. The summed E-state index contributed by atoms with van der Waals surface area (Å²) in [4.78, 5) is 11.0. The Kier molecular flexibility index (Phi) is 5.88. The average molecular weight is 338 g/mol. The molecule has 0 saturated carbocycles. The molecule has 0 aromatic heterocycles. The van der Waals surface area contributed by atoms with Gasteiger partial charge in [0.25, 0.3) is 0 Å². The second-order valence-electron chi connectivity index (χ2n) is 4.36. The lowest BCUT2D eigenvalue weighted by Gasteiger charge is -2.15. The van der Waals surface area contributed by atoms with Gasteiger partial charge in [-0.3, -0.25) is 0 Å². The number of nitrogens with one attached hydrogen (secondary N) is 1. The van der Waals surface area contributed by atoms with Gasteiger partial charge in [-0.05, 0) is 37.8 Å². The maximum absolute atomic E-state index is 12.3. The number of carboxylic acid groups (broad SMARTS) is 1. The molecule has 0 bridgehead atoms. The molecule has 0 fully saturated rings. The summed E-state index contributed by atoms with van der Waals surface area (Å²) >= 11 is 7.32. The Morgan fingerprint density at radius 2 is 2.10 bits per heavy atom. The molecule has 0 radical (unpaired) electrons. The summed E-state index contributed by atoms with van der Waals surface area (Å²) in [6, 6.07) is 2.24. The predicted molar refractivity (Wildman–Crippen MR) is 81.3 cm³/mol. The number of aromatic carboxylic acids is 1. The number of carboxylic acids is 1. The van der Waals surface area contributed by atoms with E-state index in [-0.39, 0.29) is 27.1 Å². The number of carbonyl (C=O) groups is 1. The minimum atomic E-state index is -3.80. The predicted octanol–water partition coefficient (Wildman–Crippen LogP) is 2.38. The largest absolute Gasteiger partial charge is 0.478 e. The molecule has 1 rings (SSSR count). The van der Waals surface area contributed by atoms with E-state index in [1.54, 1.807) is 6.92 Å². The molecule has 2 N–H and O–H groups in total. The van der Waals surface area contributed by atoms with Crippen molar-refractivity contribution in [3.05, 3.63) is 28.3 Å².